The first-order valence-electron chi connectivity index (χ1n) is 4.82. The third-order valence-electron chi connectivity index (χ3n) is 2.36. The number of anilines is 1. The molecule has 0 radical (unpaired) electrons. The SMILES string of the molecule is CC(=O)Nc1cc2c(s1)CCCC2=NO. The lowest BCUT2D eigenvalue weighted by molar-refractivity contribution is -0.114. The second kappa shape index (κ2) is 4.02. The summed E-state index contributed by atoms with van der Waals surface area (Å²) in [4.78, 5) is 12.1. The normalized spacial score (nSPS) is 17.5. The van der Waals surface area contributed by atoms with Crippen LogP contribution >= 0.6 is 11.3 Å². The van der Waals surface area contributed by atoms with Crippen LogP contribution in [0.4, 0.5) is 5.00 Å². The molecule has 0 bridgehead atoms. The average Bonchev–Trinajstić information content (AvgIpc) is 2.58. The zero-order valence-electron chi connectivity index (χ0n) is 8.41. The topological polar surface area (TPSA) is 61.7 Å². The number of carbonyl (C=O) groups excluding carboxylic acids is 1. The van der Waals surface area contributed by atoms with Crippen LogP contribution in [0.25, 0.3) is 0 Å². The van der Waals surface area contributed by atoms with Crippen LogP contribution in [0.3, 0.4) is 0 Å². The molecule has 0 aromatic carbocycles. The van der Waals surface area contributed by atoms with Gasteiger partial charge in [0.25, 0.3) is 0 Å². The van der Waals surface area contributed by atoms with Gasteiger partial charge in [-0.05, 0) is 25.3 Å². The Morgan fingerprint density at radius 1 is 1.60 bits per heavy atom. The molecule has 1 amide bonds. The van der Waals surface area contributed by atoms with E-state index in [9.17, 15) is 4.79 Å². The summed E-state index contributed by atoms with van der Waals surface area (Å²) in [6.07, 6.45) is 2.81. The van der Waals surface area contributed by atoms with Gasteiger partial charge in [-0.3, -0.25) is 4.79 Å². The van der Waals surface area contributed by atoms with Crippen LogP contribution in [0.15, 0.2) is 11.2 Å². The van der Waals surface area contributed by atoms with Gasteiger partial charge in [0, 0.05) is 17.4 Å². The van der Waals surface area contributed by atoms with Gasteiger partial charge < -0.3 is 10.5 Å². The molecule has 0 saturated heterocycles. The summed E-state index contributed by atoms with van der Waals surface area (Å²) in [5, 5.41) is 15.7. The van der Waals surface area contributed by atoms with Crippen molar-refractivity contribution >= 4 is 28.0 Å². The first-order valence-corrected chi connectivity index (χ1v) is 5.64. The molecule has 0 saturated carbocycles. The summed E-state index contributed by atoms with van der Waals surface area (Å²) in [5.41, 5.74) is 1.71. The number of rotatable bonds is 1. The molecule has 1 aromatic heterocycles. The van der Waals surface area contributed by atoms with Crippen LogP contribution in [0.2, 0.25) is 0 Å². The van der Waals surface area contributed by atoms with E-state index >= 15 is 0 Å². The molecule has 0 spiro atoms. The second-order valence-electron chi connectivity index (χ2n) is 3.53. The maximum Gasteiger partial charge on any atom is 0.221 e. The fraction of sp³-hybridized carbons (Fsp3) is 0.400. The number of amides is 1. The van der Waals surface area contributed by atoms with Crippen molar-refractivity contribution in [3.63, 3.8) is 0 Å². The van der Waals surface area contributed by atoms with E-state index in [-0.39, 0.29) is 5.91 Å². The molecule has 1 heterocycles. The maximum atomic E-state index is 10.9. The first-order chi connectivity index (χ1) is 7.20. The van der Waals surface area contributed by atoms with Gasteiger partial charge in [0.1, 0.15) is 0 Å². The van der Waals surface area contributed by atoms with Crippen molar-refractivity contribution in [2.24, 2.45) is 5.16 Å². The summed E-state index contributed by atoms with van der Waals surface area (Å²) in [7, 11) is 0. The van der Waals surface area contributed by atoms with Crippen LogP contribution < -0.4 is 5.32 Å². The third kappa shape index (κ3) is 2.02. The van der Waals surface area contributed by atoms with Crippen LogP contribution in [-0.4, -0.2) is 16.8 Å². The molecule has 1 aliphatic rings. The molecule has 4 nitrogen and oxygen atoms in total. The van der Waals surface area contributed by atoms with Crippen molar-refractivity contribution in [2.45, 2.75) is 26.2 Å². The Balaban J connectivity index is 2.33. The molecule has 15 heavy (non-hydrogen) atoms. The minimum absolute atomic E-state index is 0.0731. The molecule has 2 N–H and O–H groups in total. The van der Waals surface area contributed by atoms with E-state index < -0.39 is 0 Å². The Labute approximate surface area is 91.6 Å². The highest BCUT2D eigenvalue weighted by atomic mass is 32.1. The minimum Gasteiger partial charge on any atom is -0.411 e. The molecule has 5 heteroatoms. The van der Waals surface area contributed by atoms with Gasteiger partial charge in [-0.1, -0.05) is 5.16 Å². The molecule has 1 aliphatic carbocycles. The molecular formula is C10H12N2O2S. The van der Waals surface area contributed by atoms with Gasteiger partial charge in [0.05, 0.1) is 10.7 Å². The molecule has 1 aromatic rings. The number of nitrogens with zero attached hydrogens (tertiary/aromatic N) is 1. The number of nitrogens with one attached hydrogen (secondary N) is 1. The van der Waals surface area contributed by atoms with E-state index in [0.29, 0.717) is 0 Å². The van der Waals surface area contributed by atoms with Crippen molar-refractivity contribution in [1.82, 2.24) is 0 Å². The Bertz CT molecular complexity index is 423. The van der Waals surface area contributed by atoms with Gasteiger partial charge >= 0.3 is 0 Å². The fourth-order valence-corrected chi connectivity index (χ4v) is 2.92. The number of thiophene rings is 1. The average molecular weight is 224 g/mol. The number of hydrogen-bond acceptors (Lipinski definition) is 4. The largest absolute Gasteiger partial charge is 0.411 e. The van der Waals surface area contributed by atoms with E-state index in [2.05, 4.69) is 10.5 Å². The fourth-order valence-electron chi connectivity index (χ4n) is 1.75. The lowest BCUT2D eigenvalue weighted by Gasteiger charge is -2.10. The van der Waals surface area contributed by atoms with Crippen LogP contribution in [0, 0.1) is 0 Å². The third-order valence-corrected chi connectivity index (χ3v) is 3.47. The smallest absolute Gasteiger partial charge is 0.221 e. The van der Waals surface area contributed by atoms with Crippen LogP contribution in [-0.2, 0) is 11.2 Å². The zero-order valence-corrected chi connectivity index (χ0v) is 9.23. The lowest BCUT2D eigenvalue weighted by atomic mass is 9.97. The van der Waals surface area contributed by atoms with Crippen molar-refractivity contribution in [2.75, 3.05) is 5.32 Å². The highest BCUT2D eigenvalue weighted by Gasteiger charge is 2.19. The molecular weight excluding hydrogens is 212 g/mol. The molecule has 0 fully saturated rings. The van der Waals surface area contributed by atoms with Gasteiger partial charge in [0.2, 0.25) is 5.91 Å². The molecule has 0 atom stereocenters. The summed E-state index contributed by atoms with van der Waals surface area (Å²) in [5.74, 6) is -0.0731. The number of carbonyl (C=O) groups is 1. The van der Waals surface area contributed by atoms with E-state index in [0.717, 1.165) is 35.5 Å². The minimum atomic E-state index is -0.0731. The summed E-state index contributed by atoms with van der Waals surface area (Å²) >= 11 is 1.56. The molecule has 80 valence electrons. The molecule has 0 aliphatic heterocycles. The Morgan fingerprint density at radius 3 is 3.07 bits per heavy atom. The van der Waals surface area contributed by atoms with Crippen molar-refractivity contribution in [3.8, 4) is 0 Å². The highest BCUT2D eigenvalue weighted by Crippen LogP contribution is 2.33. The monoisotopic (exact) mass is 224 g/mol. The predicted molar refractivity (Wildman–Crippen MR) is 59.9 cm³/mol. The summed E-state index contributed by atoms with van der Waals surface area (Å²) in [6, 6.07) is 1.88. The van der Waals surface area contributed by atoms with Crippen LogP contribution in [0.5, 0.6) is 0 Å². The highest BCUT2D eigenvalue weighted by molar-refractivity contribution is 7.16. The zero-order chi connectivity index (χ0) is 10.8. The molecule has 0 unspecified atom stereocenters. The molecule has 2 rings (SSSR count). The summed E-state index contributed by atoms with van der Waals surface area (Å²) in [6.45, 7) is 1.49. The maximum absolute atomic E-state index is 10.9. The van der Waals surface area contributed by atoms with Crippen LogP contribution in [0.1, 0.15) is 30.2 Å². The second-order valence-corrected chi connectivity index (χ2v) is 4.67. The van der Waals surface area contributed by atoms with E-state index in [1.807, 2.05) is 6.07 Å². The van der Waals surface area contributed by atoms with E-state index in [4.69, 9.17) is 5.21 Å². The number of aryl methyl sites for hydroxylation is 1. The van der Waals surface area contributed by atoms with Crippen molar-refractivity contribution in [3.05, 3.63) is 16.5 Å². The van der Waals surface area contributed by atoms with E-state index in [1.54, 1.807) is 11.3 Å². The Kier molecular flexibility index (Phi) is 2.73. The number of hydrogen-bond donors (Lipinski definition) is 2. The lowest BCUT2D eigenvalue weighted by Crippen LogP contribution is -2.08. The van der Waals surface area contributed by atoms with Gasteiger partial charge in [-0.25, -0.2) is 0 Å². The summed E-state index contributed by atoms with van der Waals surface area (Å²) < 4.78 is 0. The Hall–Kier alpha value is -1.36. The number of fused-ring (bicyclic) bond motifs is 1. The van der Waals surface area contributed by atoms with Crippen molar-refractivity contribution < 1.29 is 10.0 Å². The number of oxime groups is 1. The van der Waals surface area contributed by atoms with E-state index in [1.165, 1.54) is 11.8 Å². The quantitative estimate of drug-likeness (QED) is 0.567. The van der Waals surface area contributed by atoms with Gasteiger partial charge in [-0.15, -0.1) is 11.3 Å². The van der Waals surface area contributed by atoms with Gasteiger partial charge in [0.15, 0.2) is 0 Å². The Morgan fingerprint density at radius 2 is 2.40 bits per heavy atom. The first kappa shape index (κ1) is 10.2. The van der Waals surface area contributed by atoms with Gasteiger partial charge in [-0.2, -0.15) is 0 Å². The standard InChI is InChI=1S/C10H12N2O2S/c1-6(13)11-10-5-7-8(12-14)3-2-4-9(7)15-10/h5,14H,2-4H2,1H3,(H,11,13). The van der Waals surface area contributed by atoms with Crippen molar-refractivity contribution in [1.29, 1.82) is 0 Å². The predicted octanol–water partition coefficient (Wildman–Crippen LogP) is 2.22.